The molecule has 1 rings (SSSR count). The molecule has 1 aromatic rings. The van der Waals surface area contributed by atoms with Gasteiger partial charge in [0.2, 0.25) is 0 Å². The SMILES string of the molecule is CCC(CC)N(CCO)c1c(C)cccc1[N+](=O)[O-]. The van der Waals surface area contributed by atoms with E-state index in [-0.39, 0.29) is 23.3 Å². The van der Waals surface area contributed by atoms with Crippen LogP contribution in [0.15, 0.2) is 18.2 Å². The van der Waals surface area contributed by atoms with Crippen molar-refractivity contribution in [2.75, 3.05) is 18.1 Å². The number of nitro benzene ring substituents is 1. The van der Waals surface area contributed by atoms with E-state index in [0.717, 1.165) is 18.4 Å². The average molecular weight is 266 g/mol. The summed E-state index contributed by atoms with van der Waals surface area (Å²) in [5.74, 6) is 0. The van der Waals surface area contributed by atoms with E-state index < -0.39 is 0 Å². The van der Waals surface area contributed by atoms with Crippen molar-refractivity contribution < 1.29 is 10.0 Å². The molecule has 0 amide bonds. The smallest absolute Gasteiger partial charge is 0.292 e. The molecule has 0 atom stereocenters. The minimum atomic E-state index is -0.352. The first-order chi connectivity index (χ1) is 9.06. The largest absolute Gasteiger partial charge is 0.395 e. The first kappa shape index (κ1) is 15.4. The summed E-state index contributed by atoms with van der Waals surface area (Å²) in [7, 11) is 0. The third-order valence-corrected chi connectivity index (χ3v) is 3.42. The standard InChI is InChI=1S/C14H22N2O3/c1-4-12(5-2)15(9-10-17)14-11(3)7-6-8-13(14)16(18)19/h6-8,12,17H,4-5,9-10H2,1-3H3. The molecule has 0 aliphatic heterocycles. The number of hydrogen-bond acceptors (Lipinski definition) is 4. The third kappa shape index (κ3) is 3.44. The molecule has 106 valence electrons. The van der Waals surface area contributed by atoms with Crippen LogP contribution in [0, 0.1) is 17.0 Å². The second-order valence-electron chi connectivity index (χ2n) is 4.59. The van der Waals surface area contributed by atoms with Crippen molar-refractivity contribution in [3.8, 4) is 0 Å². The molecule has 0 aromatic heterocycles. The van der Waals surface area contributed by atoms with Gasteiger partial charge in [0.15, 0.2) is 0 Å². The predicted octanol–water partition coefficient (Wildman–Crippen LogP) is 2.89. The Morgan fingerprint density at radius 3 is 2.47 bits per heavy atom. The molecule has 0 heterocycles. The van der Waals surface area contributed by atoms with Crippen LogP contribution in [0.5, 0.6) is 0 Å². The highest BCUT2D eigenvalue weighted by Crippen LogP contribution is 2.33. The van der Waals surface area contributed by atoms with Crippen LogP contribution in [-0.4, -0.2) is 29.2 Å². The van der Waals surface area contributed by atoms with Crippen molar-refractivity contribution in [2.45, 2.75) is 39.7 Å². The van der Waals surface area contributed by atoms with Crippen LogP contribution in [-0.2, 0) is 0 Å². The topological polar surface area (TPSA) is 66.6 Å². The van der Waals surface area contributed by atoms with E-state index >= 15 is 0 Å². The maximum Gasteiger partial charge on any atom is 0.292 e. The van der Waals surface area contributed by atoms with Crippen molar-refractivity contribution in [1.29, 1.82) is 0 Å². The fourth-order valence-electron chi connectivity index (χ4n) is 2.48. The first-order valence-corrected chi connectivity index (χ1v) is 6.68. The fourth-order valence-corrected chi connectivity index (χ4v) is 2.48. The van der Waals surface area contributed by atoms with Gasteiger partial charge in [0, 0.05) is 18.7 Å². The molecule has 5 heteroatoms. The summed E-state index contributed by atoms with van der Waals surface area (Å²) >= 11 is 0. The van der Waals surface area contributed by atoms with E-state index in [2.05, 4.69) is 13.8 Å². The van der Waals surface area contributed by atoms with Crippen LogP contribution < -0.4 is 4.90 Å². The minimum absolute atomic E-state index is 0.0119. The number of benzene rings is 1. The Morgan fingerprint density at radius 1 is 1.37 bits per heavy atom. The van der Waals surface area contributed by atoms with Crippen LogP contribution in [0.3, 0.4) is 0 Å². The van der Waals surface area contributed by atoms with E-state index in [1.165, 1.54) is 6.07 Å². The predicted molar refractivity (Wildman–Crippen MR) is 76.6 cm³/mol. The van der Waals surface area contributed by atoms with Gasteiger partial charge in [-0.2, -0.15) is 0 Å². The average Bonchev–Trinajstić information content (AvgIpc) is 2.39. The maximum atomic E-state index is 11.2. The zero-order chi connectivity index (χ0) is 14.4. The minimum Gasteiger partial charge on any atom is -0.395 e. The van der Waals surface area contributed by atoms with Gasteiger partial charge in [0.05, 0.1) is 11.5 Å². The molecule has 0 aliphatic rings. The lowest BCUT2D eigenvalue weighted by molar-refractivity contribution is -0.384. The highest BCUT2D eigenvalue weighted by molar-refractivity contribution is 5.68. The van der Waals surface area contributed by atoms with Gasteiger partial charge in [-0.3, -0.25) is 10.1 Å². The second kappa shape index (κ2) is 7.09. The quantitative estimate of drug-likeness (QED) is 0.608. The highest BCUT2D eigenvalue weighted by atomic mass is 16.6. The lowest BCUT2D eigenvalue weighted by atomic mass is 10.1. The number of anilines is 1. The van der Waals surface area contributed by atoms with Crippen LogP contribution in [0.4, 0.5) is 11.4 Å². The number of aliphatic hydroxyl groups is 1. The molecule has 19 heavy (non-hydrogen) atoms. The van der Waals surface area contributed by atoms with Crippen LogP contribution >= 0.6 is 0 Å². The monoisotopic (exact) mass is 266 g/mol. The van der Waals surface area contributed by atoms with Gasteiger partial charge in [-0.05, 0) is 25.3 Å². The number of para-hydroxylation sites is 1. The summed E-state index contributed by atoms with van der Waals surface area (Å²) in [6.07, 6.45) is 1.78. The molecular formula is C14H22N2O3. The molecular weight excluding hydrogens is 244 g/mol. The van der Waals surface area contributed by atoms with Crippen LogP contribution in [0.1, 0.15) is 32.3 Å². The summed E-state index contributed by atoms with van der Waals surface area (Å²) in [6, 6.07) is 5.29. The van der Waals surface area contributed by atoms with Gasteiger partial charge in [-0.25, -0.2) is 0 Å². The van der Waals surface area contributed by atoms with E-state index in [1.807, 2.05) is 17.9 Å². The molecule has 0 saturated heterocycles. The molecule has 0 bridgehead atoms. The van der Waals surface area contributed by atoms with Gasteiger partial charge in [-0.15, -0.1) is 0 Å². The number of hydrogen-bond donors (Lipinski definition) is 1. The molecule has 0 unspecified atom stereocenters. The van der Waals surface area contributed by atoms with Gasteiger partial charge in [0.1, 0.15) is 5.69 Å². The Balaban J connectivity index is 3.32. The lowest BCUT2D eigenvalue weighted by Gasteiger charge is -2.32. The number of aliphatic hydroxyl groups excluding tert-OH is 1. The molecule has 0 saturated carbocycles. The van der Waals surface area contributed by atoms with Crippen LogP contribution in [0.25, 0.3) is 0 Å². The second-order valence-corrected chi connectivity index (χ2v) is 4.59. The number of nitro groups is 1. The summed E-state index contributed by atoms with van der Waals surface area (Å²) in [4.78, 5) is 12.8. The van der Waals surface area contributed by atoms with Crippen molar-refractivity contribution in [1.82, 2.24) is 0 Å². The van der Waals surface area contributed by atoms with Gasteiger partial charge in [-0.1, -0.05) is 26.0 Å². The summed E-state index contributed by atoms with van der Waals surface area (Å²) < 4.78 is 0. The summed E-state index contributed by atoms with van der Waals surface area (Å²) in [5.41, 5.74) is 1.62. The Hall–Kier alpha value is -1.62. The zero-order valence-electron chi connectivity index (χ0n) is 11.8. The Kier molecular flexibility index (Phi) is 5.76. The van der Waals surface area contributed by atoms with Crippen molar-refractivity contribution in [2.24, 2.45) is 0 Å². The van der Waals surface area contributed by atoms with Crippen molar-refractivity contribution in [3.05, 3.63) is 33.9 Å². The maximum absolute atomic E-state index is 11.2. The molecule has 0 aliphatic carbocycles. The van der Waals surface area contributed by atoms with Gasteiger partial charge >= 0.3 is 0 Å². The fraction of sp³-hybridized carbons (Fsp3) is 0.571. The highest BCUT2D eigenvalue weighted by Gasteiger charge is 2.25. The molecule has 5 nitrogen and oxygen atoms in total. The van der Waals surface area contributed by atoms with E-state index in [9.17, 15) is 15.2 Å². The molecule has 0 fully saturated rings. The molecule has 0 spiro atoms. The number of nitrogens with zero attached hydrogens (tertiary/aromatic N) is 2. The normalized spacial score (nSPS) is 10.8. The summed E-state index contributed by atoms with van der Waals surface area (Å²) in [6.45, 7) is 6.39. The molecule has 1 aromatic carbocycles. The van der Waals surface area contributed by atoms with E-state index in [0.29, 0.717) is 12.2 Å². The van der Waals surface area contributed by atoms with Crippen molar-refractivity contribution in [3.63, 3.8) is 0 Å². The van der Waals surface area contributed by atoms with Gasteiger partial charge < -0.3 is 10.0 Å². The summed E-state index contributed by atoms with van der Waals surface area (Å²) in [5, 5.41) is 20.4. The van der Waals surface area contributed by atoms with Gasteiger partial charge in [0.25, 0.3) is 5.69 Å². The van der Waals surface area contributed by atoms with Crippen LogP contribution in [0.2, 0.25) is 0 Å². The lowest BCUT2D eigenvalue weighted by Crippen LogP contribution is -2.37. The first-order valence-electron chi connectivity index (χ1n) is 6.68. The number of rotatable bonds is 7. The van der Waals surface area contributed by atoms with E-state index in [1.54, 1.807) is 6.07 Å². The Bertz CT molecular complexity index is 431. The Morgan fingerprint density at radius 2 is 2.00 bits per heavy atom. The van der Waals surface area contributed by atoms with E-state index in [4.69, 9.17) is 0 Å². The molecule has 1 N–H and O–H groups in total. The zero-order valence-corrected chi connectivity index (χ0v) is 11.8. The molecule has 0 radical (unpaired) electrons. The number of aryl methyl sites for hydroxylation is 1. The van der Waals surface area contributed by atoms with Crippen molar-refractivity contribution >= 4 is 11.4 Å². The Labute approximate surface area is 114 Å². The third-order valence-electron chi connectivity index (χ3n) is 3.42.